The van der Waals surface area contributed by atoms with Gasteiger partial charge in [-0.3, -0.25) is 9.97 Å². The summed E-state index contributed by atoms with van der Waals surface area (Å²) in [7, 11) is 0. The highest BCUT2D eigenvalue weighted by Gasteiger charge is 2.25. The summed E-state index contributed by atoms with van der Waals surface area (Å²) < 4.78 is 0. The van der Waals surface area contributed by atoms with Gasteiger partial charge in [-0.05, 0) is 256 Å². The van der Waals surface area contributed by atoms with E-state index in [4.69, 9.17) is 9.97 Å². The minimum Gasteiger partial charge on any atom is -0.263 e. The molecule has 458 valence electrons. The average molecular weight is 1230 g/mol. The molecule has 0 spiro atoms. The molecule has 0 amide bonds. The van der Waals surface area contributed by atoms with Gasteiger partial charge in [0.2, 0.25) is 0 Å². The van der Waals surface area contributed by atoms with Gasteiger partial charge in [-0.1, -0.05) is 241 Å². The summed E-state index contributed by atoms with van der Waals surface area (Å²) in [6, 6.07) is 74.6. The second-order valence-electron chi connectivity index (χ2n) is 31.6. The van der Waals surface area contributed by atoms with E-state index in [-0.39, 0.29) is 21.7 Å². The highest BCUT2D eigenvalue weighted by Crippen LogP contribution is 2.47. The van der Waals surface area contributed by atoms with Gasteiger partial charge in [-0.2, -0.15) is 0 Å². The zero-order chi connectivity index (χ0) is 65.6. The summed E-state index contributed by atoms with van der Waals surface area (Å²) in [5, 5.41) is 30.0. The van der Waals surface area contributed by atoms with Crippen LogP contribution in [0.3, 0.4) is 0 Å². The van der Waals surface area contributed by atoms with Crippen LogP contribution in [0.5, 0.6) is 0 Å². The molecule has 0 fully saturated rings. The van der Waals surface area contributed by atoms with Crippen molar-refractivity contribution < 1.29 is 0 Å². The molecule has 18 aromatic rings. The van der Waals surface area contributed by atoms with Crippen LogP contribution in [0.2, 0.25) is 0 Å². The lowest BCUT2D eigenvalue weighted by Gasteiger charge is -2.22. The maximum atomic E-state index is 5.11. The number of hydrogen-bond donors (Lipinski definition) is 0. The van der Waals surface area contributed by atoms with Crippen molar-refractivity contribution in [3.8, 4) is 68.2 Å². The molecule has 0 aliphatic carbocycles. The lowest BCUT2D eigenvalue weighted by Crippen LogP contribution is -2.10. The van der Waals surface area contributed by atoms with E-state index < -0.39 is 0 Å². The van der Waals surface area contributed by atoms with Crippen molar-refractivity contribution in [1.29, 1.82) is 0 Å². The fraction of sp³-hybridized carbons (Fsp3) is 0.170. The van der Waals surface area contributed by atoms with Gasteiger partial charge in [-0.25, -0.2) is 0 Å². The van der Waals surface area contributed by atoms with E-state index in [0.29, 0.717) is 0 Å². The van der Waals surface area contributed by atoms with Crippen LogP contribution in [0.4, 0.5) is 0 Å². The van der Waals surface area contributed by atoms with E-state index in [0.717, 1.165) is 55.6 Å². The smallest absolute Gasteiger partial charge is 0.0443 e. The van der Waals surface area contributed by atoms with Gasteiger partial charge in [0.1, 0.15) is 0 Å². The second-order valence-corrected chi connectivity index (χ2v) is 31.6. The molecular weight excluding hydrogens is 1160 g/mol. The Hall–Kier alpha value is -10.9. The van der Waals surface area contributed by atoms with Crippen molar-refractivity contribution in [2.75, 3.05) is 0 Å². The van der Waals surface area contributed by atoms with Gasteiger partial charge in [0.05, 0.1) is 0 Å². The molecule has 2 heterocycles. The van der Waals surface area contributed by atoms with Crippen molar-refractivity contribution in [2.24, 2.45) is 0 Å². The Balaban J connectivity index is 0.844. The Morgan fingerprint density at radius 2 is 0.354 bits per heavy atom. The Labute approximate surface area is 561 Å². The van der Waals surface area contributed by atoms with Crippen LogP contribution in [-0.4, -0.2) is 9.97 Å². The summed E-state index contributed by atoms with van der Waals surface area (Å²) in [5.74, 6) is 14.7. The molecule has 2 aromatic heterocycles. The van der Waals surface area contributed by atoms with Crippen LogP contribution >= 0.6 is 0 Å². The molecule has 0 radical (unpaired) electrons. The molecule has 16 aromatic carbocycles. The standard InChI is InChI=1S/C94H72N2/c1-91(2,3)73-41-61-25-17-53-33-69(34-54-18-26-62(42-73)87(61)83(53)54)79-49-95-50-80(70-35-55-19-27-63-43-74(92(4,5)6)44-64-28-20-56(36-70)84(55)88(63)64)77(79)15-13-14-16-78-81(71-37-57-21-29-65-45-75(93(7,8)9)46-66-30-22-58(38-71)85(57)89(65)66)51-96-52-82(78)72-39-59-23-31-67-47-76(94(10,11)12)48-68-32-24-60(40-72)86(59)90(67)68/h17-52H,1-12H3. The van der Waals surface area contributed by atoms with Gasteiger partial charge in [0, 0.05) is 58.2 Å². The first kappa shape index (κ1) is 57.7. The Morgan fingerprint density at radius 3 is 0.500 bits per heavy atom. The van der Waals surface area contributed by atoms with Crippen LogP contribution in [0.25, 0.3) is 174 Å². The number of pyridine rings is 2. The summed E-state index contributed by atoms with van der Waals surface area (Å²) in [5.41, 5.74) is 15.3. The summed E-state index contributed by atoms with van der Waals surface area (Å²) in [4.78, 5) is 10.2. The molecule has 2 nitrogen and oxygen atoms in total. The molecule has 0 N–H and O–H groups in total. The van der Waals surface area contributed by atoms with Gasteiger partial charge >= 0.3 is 0 Å². The Kier molecular flexibility index (Phi) is 12.2. The lowest BCUT2D eigenvalue weighted by atomic mass is 9.82. The summed E-state index contributed by atoms with van der Waals surface area (Å²) in [6.07, 6.45) is 8.03. The van der Waals surface area contributed by atoms with Crippen LogP contribution in [0.15, 0.2) is 219 Å². The molecule has 18 rings (SSSR count). The molecule has 0 unspecified atom stereocenters. The van der Waals surface area contributed by atoms with Crippen molar-refractivity contribution >= 4 is 129 Å². The van der Waals surface area contributed by atoms with Crippen LogP contribution in [-0.2, 0) is 21.7 Å². The first-order chi connectivity index (χ1) is 46.0. The number of nitrogens with zero attached hydrogens (tertiary/aromatic N) is 2. The van der Waals surface area contributed by atoms with E-state index >= 15 is 0 Å². The SMILES string of the molecule is CC(C)(C)c1cc2ccc3cc(-c4cncc(-c5cc6ccc7cc(C(C)(C)C)cc8ccc(c5)c6c78)c4C#CC#Cc4c(-c5cc6ccc7cc(C(C)(C)C)cc8ccc(c5)c6c78)cncc4-c4cc5ccc6cc(C(C)(C)C)cc7ccc(c4)c5c67)cc4ccc(c1)c2c34. The zero-order valence-electron chi connectivity index (χ0n) is 56.7. The van der Waals surface area contributed by atoms with E-state index in [1.807, 2.05) is 24.8 Å². The predicted molar refractivity (Wildman–Crippen MR) is 414 cm³/mol. The number of hydrogen-bond acceptors (Lipinski definition) is 2. The average Bonchev–Trinajstić information content (AvgIpc) is 0.749. The molecule has 96 heavy (non-hydrogen) atoms. The Morgan fingerprint density at radius 1 is 0.208 bits per heavy atom. The molecule has 0 atom stereocenters. The third-order valence-electron chi connectivity index (χ3n) is 21.2. The van der Waals surface area contributed by atoms with Crippen molar-refractivity contribution in [3.05, 3.63) is 252 Å². The van der Waals surface area contributed by atoms with E-state index in [9.17, 15) is 0 Å². The van der Waals surface area contributed by atoms with Crippen LogP contribution in [0.1, 0.15) is 116 Å². The fourth-order valence-electron chi connectivity index (χ4n) is 16.0. The summed E-state index contributed by atoms with van der Waals surface area (Å²) >= 11 is 0. The second kappa shape index (κ2) is 20.3. The molecule has 2 heteroatoms. The third-order valence-corrected chi connectivity index (χ3v) is 21.2. The van der Waals surface area contributed by atoms with Gasteiger partial charge < -0.3 is 0 Å². The fourth-order valence-corrected chi connectivity index (χ4v) is 16.0. The zero-order valence-corrected chi connectivity index (χ0v) is 56.7. The van der Waals surface area contributed by atoms with Crippen molar-refractivity contribution in [2.45, 2.75) is 105 Å². The van der Waals surface area contributed by atoms with Gasteiger partial charge in [0.25, 0.3) is 0 Å². The highest BCUT2D eigenvalue weighted by atomic mass is 14.6. The largest absolute Gasteiger partial charge is 0.263 e. The molecular formula is C94H72N2. The first-order valence-electron chi connectivity index (χ1n) is 34.0. The molecule has 0 aliphatic heterocycles. The maximum absolute atomic E-state index is 5.11. The quantitative estimate of drug-likeness (QED) is 0.130. The highest BCUT2D eigenvalue weighted by molar-refractivity contribution is 6.28. The maximum Gasteiger partial charge on any atom is 0.0443 e. The first-order valence-corrected chi connectivity index (χ1v) is 34.0. The monoisotopic (exact) mass is 1230 g/mol. The Bertz CT molecular complexity index is 5450. The van der Waals surface area contributed by atoms with Crippen molar-refractivity contribution in [1.82, 2.24) is 9.97 Å². The molecule has 0 bridgehead atoms. The number of rotatable bonds is 4. The lowest BCUT2D eigenvalue weighted by molar-refractivity contribution is 0.591. The minimum absolute atomic E-state index is 0.0259. The van der Waals surface area contributed by atoms with Crippen LogP contribution in [0, 0.1) is 23.7 Å². The van der Waals surface area contributed by atoms with E-state index in [2.05, 4.69) is 301 Å². The third kappa shape index (κ3) is 9.10. The number of benzene rings is 16. The molecule has 0 saturated carbocycles. The van der Waals surface area contributed by atoms with E-state index in [1.54, 1.807) is 0 Å². The predicted octanol–water partition coefficient (Wildman–Crippen LogP) is 25.3. The van der Waals surface area contributed by atoms with Gasteiger partial charge in [0.15, 0.2) is 0 Å². The van der Waals surface area contributed by atoms with Crippen LogP contribution < -0.4 is 0 Å². The molecule has 0 aliphatic rings. The summed E-state index contributed by atoms with van der Waals surface area (Å²) in [6.45, 7) is 27.6. The topological polar surface area (TPSA) is 25.8 Å². The normalized spacial score (nSPS) is 12.8. The minimum atomic E-state index is 0.0259. The number of aromatic nitrogens is 2. The van der Waals surface area contributed by atoms with Gasteiger partial charge in [-0.15, -0.1) is 0 Å². The van der Waals surface area contributed by atoms with Crippen molar-refractivity contribution in [3.63, 3.8) is 0 Å². The molecule has 0 saturated heterocycles. The van der Waals surface area contributed by atoms with E-state index in [1.165, 1.54) is 152 Å².